The topological polar surface area (TPSA) is 50.9 Å². The highest BCUT2D eigenvalue weighted by atomic mass is 35.5. The van der Waals surface area contributed by atoms with Crippen LogP contribution in [-0.4, -0.2) is 4.98 Å². The van der Waals surface area contributed by atoms with Crippen LogP contribution in [0.5, 0.6) is 0 Å². The summed E-state index contributed by atoms with van der Waals surface area (Å²) in [6.45, 7) is 4.15. The summed E-state index contributed by atoms with van der Waals surface area (Å²) in [6, 6.07) is 8.42. The van der Waals surface area contributed by atoms with Gasteiger partial charge < -0.3 is 5.43 Å². The number of nitrogens with one attached hydrogen (secondary N) is 1. The number of nitrogen functional groups attached to an aromatic ring is 1. The van der Waals surface area contributed by atoms with Crippen LogP contribution < -0.4 is 11.3 Å². The number of hydrogen-bond donors (Lipinski definition) is 2. The van der Waals surface area contributed by atoms with Gasteiger partial charge in [0.1, 0.15) is 5.82 Å². The number of nitrogens with zero attached hydrogens (tertiary/aromatic N) is 1. The molecule has 0 spiro atoms. The molecule has 0 aliphatic carbocycles. The fourth-order valence-corrected chi connectivity index (χ4v) is 1.70. The Morgan fingerprint density at radius 2 is 2.06 bits per heavy atom. The van der Waals surface area contributed by atoms with Gasteiger partial charge in [-0.05, 0) is 42.7 Å². The Kier molecular flexibility index (Phi) is 4.10. The lowest BCUT2D eigenvalue weighted by Crippen LogP contribution is -2.10. The number of nitrogens with two attached hydrogens (primary N) is 1. The lowest BCUT2D eigenvalue weighted by Gasteiger charge is -2.07. The van der Waals surface area contributed by atoms with E-state index in [4.69, 9.17) is 5.84 Å². The van der Waals surface area contributed by atoms with E-state index in [1.807, 2.05) is 13.0 Å². The Hall–Kier alpha value is -1.32. The van der Waals surface area contributed by atoms with Gasteiger partial charge in [0.2, 0.25) is 0 Å². The first-order valence-corrected chi connectivity index (χ1v) is 5.11. The Balaban J connectivity index is 0.00000128. The molecule has 3 nitrogen and oxygen atoms in total. The molecule has 1 aromatic heterocycles. The SMILES string of the molecule is CCc1ccc2nc(NN)c(C)cc2c1.Cl. The fourth-order valence-electron chi connectivity index (χ4n) is 1.70. The maximum Gasteiger partial charge on any atom is 0.143 e. The summed E-state index contributed by atoms with van der Waals surface area (Å²) in [7, 11) is 0. The van der Waals surface area contributed by atoms with Gasteiger partial charge in [-0.2, -0.15) is 0 Å². The molecular formula is C12H16ClN3. The van der Waals surface area contributed by atoms with Crippen LogP contribution in [0.3, 0.4) is 0 Å². The summed E-state index contributed by atoms with van der Waals surface area (Å²) in [5.41, 5.74) is 5.98. The second kappa shape index (κ2) is 5.14. The third-order valence-electron chi connectivity index (χ3n) is 2.61. The van der Waals surface area contributed by atoms with Crippen LogP contribution in [0, 0.1) is 6.92 Å². The highest BCUT2D eigenvalue weighted by molar-refractivity contribution is 5.85. The molecule has 0 bridgehead atoms. The van der Waals surface area contributed by atoms with Gasteiger partial charge in [-0.1, -0.05) is 13.0 Å². The van der Waals surface area contributed by atoms with Gasteiger partial charge >= 0.3 is 0 Å². The van der Waals surface area contributed by atoms with Gasteiger partial charge in [0.25, 0.3) is 0 Å². The summed E-state index contributed by atoms with van der Waals surface area (Å²) in [5, 5.41) is 1.17. The van der Waals surface area contributed by atoms with Crippen molar-refractivity contribution in [2.75, 3.05) is 5.43 Å². The molecule has 0 saturated carbocycles. The number of anilines is 1. The van der Waals surface area contributed by atoms with E-state index in [1.54, 1.807) is 0 Å². The molecule has 86 valence electrons. The number of aromatic nitrogens is 1. The van der Waals surface area contributed by atoms with Crippen molar-refractivity contribution in [3.63, 3.8) is 0 Å². The highest BCUT2D eigenvalue weighted by Crippen LogP contribution is 2.20. The predicted molar refractivity (Wildman–Crippen MR) is 70.9 cm³/mol. The summed E-state index contributed by atoms with van der Waals surface area (Å²) in [5.74, 6) is 6.13. The number of hydrazine groups is 1. The Morgan fingerprint density at radius 3 is 2.69 bits per heavy atom. The van der Waals surface area contributed by atoms with E-state index >= 15 is 0 Å². The van der Waals surface area contributed by atoms with Crippen LogP contribution in [0.25, 0.3) is 10.9 Å². The minimum atomic E-state index is 0. The van der Waals surface area contributed by atoms with Crippen molar-refractivity contribution in [3.05, 3.63) is 35.4 Å². The monoisotopic (exact) mass is 237 g/mol. The summed E-state index contributed by atoms with van der Waals surface area (Å²) in [4.78, 5) is 4.43. The zero-order valence-electron chi connectivity index (χ0n) is 9.45. The van der Waals surface area contributed by atoms with E-state index in [9.17, 15) is 0 Å². The standard InChI is InChI=1S/C12H15N3.ClH/c1-3-9-4-5-11-10(7-9)6-8(2)12(14-11)15-13;/h4-7H,3,13H2,1-2H3,(H,14,15);1H. The Bertz CT molecular complexity index is 497. The normalized spacial score (nSPS) is 9.94. The van der Waals surface area contributed by atoms with Crippen LogP contribution in [-0.2, 0) is 6.42 Å². The molecule has 0 saturated heterocycles. The van der Waals surface area contributed by atoms with Crippen molar-refractivity contribution in [1.82, 2.24) is 4.98 Å². The average molecular weight is 238 g/mol. The second-order valence-corrected chi connectivity index (χ2v) is 3.68. The number of rotatable bonds is 2. The molecule has 16 heavy (non-hydrogen) atoms. The van der Waals surface area contributed by atoms with Crippen molar-refractivity contribution in [1.29, 1.82) is 0 Å². The van der Waals surface area contributed by atoms with E-state index in [0.29, 0.717) is 0 Å². The van der Waals surface area contributed by atoms with Gasteiger partial charge in [-0.15, -0.1) is 12.4 Å². The van der Waals surface area contributed by atoms with Crippen LogP contribution in [0.4, 0.5) is 5.82 Å². The van der Waals surface area contributed by atoms with E-state index in [-0.39, 0.29) is 12.4 Å². The van der Waals surface area contributed by atoms with E-state index < -0.39 is 0 Å². The zero-order valence-corrected chi connectivity index (χ0v) is 10.3. The summed E-state index contributed by atoms with van der Waals surface area (Å²) in [6.07, 6.45) is 1.05. The predicted octanol–water partition coefficient (Wildman–Crippen LogP) is 2.81. The molecule has 0 unspecified atom stereocenters. The fraction of sp³-hybridized carbons (Fsp3) is 0.250. The van der Waals surface area contributed by atoms with Crippen molar-refractivity contribution < 1.29 is 0 Å². The molecule has 0 aliphatic heterocycles. The molecule has 0 amide bonds. The van der Waals surface area contributed by atoms with Crippen LogP contribution >= 0.6 is 12.4 Å². The van der Waals surface area contributed by atoms with Crippen molar-refractivity contribution in [2.45, 2.75) is 20.3 Å². The smallest absolute Gasteiger partial charge is 0.143 e. The lowest BCUT2D eigenvalue weighted by molar-refractivity contribution is 1.14. The largest absolute Gasteiger partial charge is 0.308 e. The first kappa shape index (κ1) is 12.7. The molecule has 4 heteroatoms. The molecule has 3 N–H and O–H groups in total. The van der Waals surface area contributed by atoms with Crippen molar-refractivity contribution in [2.24, 2.45) is 5.84 Å². The number of halogens is 1. The number of benzene rings is 1. The van der Waals surface area contributed by atoms with Crippen LogP contribution in [0.15, 0.2) is 24.3 Å². The van der Waals surface area contributed by atoms with E-state index in [2.05, 4.69) is 35.5 Å². The zero-order chi connectivity index (χ0) is 10.8. The number of hydrogen-bond acceptors (Lipinski definition) is 3. The van der Waals surface area contributed by atoms with Gasteiger partial charge in [0, 0.05) is 5.39 Å². The summed E-state index contributed by atoms with van der Waals surface area (Å²) >= 11 is 0. The first-order chi connectivity index (χ1) is 7.24. The molecule has 2 aromatic rings. The molecule has 0 aliphatic rings. The highest BCUT2D eigenvalue weighted by Gasteiger charge is 2.02. The van der Waals surface area contributed by atoms with Gasteiger partial charge in [-0.3, -0.25) is 0 Å². The van der Waals surface area contributed by atoms with E-state index in [1.165, 1.54) is 10.9 Å². The number of fused-ring (bicyclic) bond motifs is 1. The molecule has 1 aromatic carbocycles. The third kappa shape index (κ3) is 2.26. The lowest BCUT2D eigenvalue weighted by atomic mass is 10.1. The quantitative estimate of drug-likeness (QED) is 0.624. The van der Waals surface area contributed by atoms with Gasteiger partial charge in [-0.25, -0.2) is 10.8 Å². The molecular weight excluding hydrogens is 222 g/mol. The minimum absolute atomic E-state index is 0. The average Bonchev–Trinajstić information content (AvgIpc) is 2.27. The molecule has 0 fully saturated rings. The van der Waals surface area contributed by atoms with Crippen LogP contribution in [0.1, 0.15) is 18.1 Å². The maximum atomic E-state index is 5.39. The number of pyridine rings is 1. The van der Waals surface area contributed by atoms with Gasteiger partial charge in [0.05, 0.1) is 5.52 Å². The van der Waals surface area contributed by atoms with Gasteiger partial charge in [0.15, 0.2) is 0 Å². The summed E-state index contributed by atoms with van der Waals surface area (Å²) < 4.78 is 0. The first-order valence-electron chi connectivity index (χ1n) is 5.11. The second-order valence-electron chi connectivity index (χ2n) is 3.68. The molecule has 1 heterocycles. The van der Waals surface area contributed by atoms with E-state index in [0.717, 1.165) is 23.3 Å². The molecule has 2 rings (SSSR count). The number of aryl methyl sites for hydroxylation is 2. The Labute approximate surface area is 101 Å². The van der Waals surface area contributed by atoms with Crippen molar-refractivity contribution in [3.8, 4) is 0 Å². The third-order valence-corrected chi connectivity index (χ3v) is 2.61. The maximum absolute atomic E-state index is 5.39. The Morgan fingerprint density at radius 1 is 1.31 bits per heavy atom. The minimum Gasteiger partial charge on any atom is -0.308 e. The van der Waals surface area contributed by atoms with Crippen LogP contribution in [0.2, 0.25) is 0 Å². The molecule has 0 atom stereocenters. The molecule has 0 radical (unpaired) electrons. The van der Waals surface area contributed by atoms with Crippen molar-refractivity contribution >= 4 is 29.1 Å².